The van der Waals surface area contributed by atoms with E-state index in [0.29, 0.717) is 26.2 Å². The minimum atomic E-state index is -0.648. The molecule has 0 bridgehead atoms. The van der Waals surface area contributed by atoms with Crippen LogP contribution >= 0.6 is 21.6 Å². The van der Waals surface area contributed by atoms with E-state index in [-0.39, 0.29) is 59.7 Å². The highest BCUT2D eigenvalue weighted by molar-refractivity contribution is 8.77. The summed E-state index contributed by atoms with van der Waals surface area (Å²) in [6.07, 6.45) is 10.5. The second-order valence-electron chi connectivity index (χ2n) is 22.0. The molecule has 2 aliphatic rings. The van der Waals surface area contributed by atoms with Gasteiger partial charge in [-0.25, -0.2) is 0 Å². The third-order valence-electron chi connectivity index (χ3n) is 13.6. The van der Waals surface area contributed by atoms with Crippen molar-refractivity contribution < 1.29 is 47.6 Å². The van der Waals surface area contributed by atoms with Gasteiger partial charge in [-0.2, -0.15) is 0 Å². The molecule has 2 saturated carbocycles. The van der Waals surface area contributed by atoms with Crippen LogP contribution in [0.2, 0.25) is 0 Å². The van der Waals surface area contributed by atoms with E-state index in [1.54, 1.807) is 14.2 Å². The highest BCUT2D eigenvalue weighted by Gasteiger charge is 2.42. The van der Waals surface area contributed by atoms with Crippen LogP contribution in [0.1, 0.15) is 143 Å². The van der Waals surface area contributed by atoms with Crippen LogP contribution in [0.25, 0.3) is 21.5 Å². The van der Waals surface area contributed by atoms with E-state index in [9.17, 15) is 19.2 Å². The number of nitrogens with zero attached hydrogens (tertiary/aromatic N) is 2. The van der Waals surface area contributed by atoms with Crippen LogP contribution in [0.3, 0.4) is 0 Å². The average Bonchev–Trinajstić information content (AvgIpc) is 3.33. The maximum atomic E-state index is 13.6. The molecule has 0 N–H and O–H groups in total. The lowest BCUT2D eigenvalue weighted by Crippen LogP contribution is -2.48. The zero-order valence-corrected chi connectivity index (χ0v) is 46.2. The van der Waals surface area contributed by atoms with Gasteiger partial charge in [-0.3, -0.25) is 29.0 Å². The monoisotopic (exact) mass is 1030 g/mol. The topological polar surface area (TPSA) is 130 Å². The SMILES string of the molecule is COc1ccc2cc([C@H](C)C(=O)OCCN(CC(=O)OC(C)(C)C)CC3(SSC4(CN(CCOC(=O)[C@@H](C)c5ccc6cc(OC)ccc6c5)CC(=O)OC(C)(C)C)CCCCC4)CCCCC3)ccc2c1. The molecule has 0 radical (unpaired) electrons. The molecule has 0 aromatic heterocycles. The molecular weight excluding hydrogens is 949 g/mol. The van der Waals surface area contributed by atoms with Gasteiger partial charge in [-0.1, -0.05) is 109 Å². The second kappa shape index (κ2) is 25.6. The van der Waals surface area contributed by atoms with Crippen LogP contribution < -0.4 is 9.47 Å². The Kier molecular flexibility index (Phi) is 20.2. The predicted octanol–water partition coefficient (Wildman–Crippen LogP) is 12.1. The first-order valence-electron chi connectivity index (χ1n) is 25.9. The van der Waals surface area contributed by atoms with Crippen molar-refractivity contribution >= 4 is 67.0 Å². The number of methoxy groups -OCH3 is 2. The first-order valence-corrected chi connectivity index (χ1v) is 28.1. The van der Waals surface area contributed by atoms with Crippen molar-refractivity contribution in [1.82, 2.24) is 9.80 Å². The third kappa shape index (κ3) is 17.0. The van der Waals surface area contributed by atoms with Gasteiger partial charge in [0.2, 0.25) is 0 Å². The summed E-state index contributed by atoms with van der Waals surface area (Å²) in [6.45, 7) is 17.4. The zero-order chi connectivity index (χ0) is 52.1. The van der Waals surface area contributed by atoms with Crippen molar-refractivity contribution in [3.05, 3.63) is 83.9 Å². The van der Waals surface area contributed by atoms with Gasteiger partial charge in [0.15, 0.2) is 0 Å². The molecule has 0 spiro atoms. The molecule has 0 saturated heterocycles. The number of ether oxygens (including phenoxy) is 6. The summed E-state index contributed by atoms with van der Waals surface area (Å²) >= 11 is 0. The quantitative estimate of drug-likeness (QED) is 0.0397. The number of rotatable bonds is 23. The standard InChI is InChI=1S/C58H80N2O10S2/c1-41(43-17-19-47-35-49(65-9)23-21-45(47)33-43)53(63)67-31-29-59(37-51(61)69-55(3,4)5)39-57(25-13-11-14-26-57)71-72-58(27-15-12-16-28-58)40-60(38-52(62)70-56(6,7)8)30-32-68-54(64)42(2)44-18-20-48-36-50(66-10)24-22-46(48)34-44/h17-24,33-36,41-42H,11-16,25-32,37-40H2,1-10H3/t41-,42-/m0/s1. The lowest BCUT2D eigenvalue weighted by molar-refractivity contribution is -0.158. The van der Waals surface area contributed by atoms with Crippen LogP contribution in [0.15, 0.2) is 72.8 Å². The Morgan fingerprint density at radius 1 is 0.528 bits per heavy atom. The number of carbonyl (C=O) groups excluding carboxylic acids is 4. The van der Waals surface area contributed by atoms with Crippen molar-refractivity contribution in [2.24, 2.45) is 0 Å². The molecule has 2 aliphatic carbocycles. The van der Waals surface area contributed by atoms with Crippen LogP contribution in [-0.4, -0.2) is 121 Å². The van der Waals surface area contributed by atoms with E-state index in [1.165, 1.54) is 0 Å². The number of hydrogen-bond donors (Lipinski definition) is 0. The summed E-state index contributed by atoms with van der Waals surface area (Å²) in [5.74, 6) is -0.662. The smallest absolute Gasteiger partial charge is 0.320 e. The fourth-order valence-corrected chi connectivity index (χ4v) is 13.9. The lowest BCUT2D eigenvalue weighted by Gasteiger charge is -2.45. The molecule has 2 atom stereocenters. The van der Waals surface area contributed by atoms with Crippen LogP contribution in [0.5, 0.6) is 11.5 Å². The molecule has 72 heavy (non-hydrogen) atoms. The number of fused-ring (bicyclic) bond motifs is 2. The fraction of sp³-hybridized carbons (Fsp3) is 0.586. The normalized spacial score (nSPS) is 16.8. The molecule has 14 heteroatoms. The van der Waals surface area contributed by atoms with Crippen LogP contribution in [0.4, 0.5) is 0 Å². The molecule has 0 aliphatic heterocycles. The van der Waals surface area contributed by atoms with Gasteiger partial charge in [-0.15, -0.1) is 0 Å². The molecule has 394 valence electrons. The van der Waals surface area contributed by atoms with Crippen molar-refractivity contribution in [3.63, 3.8) is 0 Å². The molecule has 6 rings (SSSR count). The first kappa shape index (κ1) is 56.8. The average molecular weight is 1030 g/mol. The van der Waals surface area contributed by atoms with E-state index in [2.05, 4.69) is 9.80 Å². The predicted molar refractivity (Wildman–Crippen MR) is 291 cm³/mol. The molecule has 0 amide bonds. The first-order chi connectivity index (χ1) is 34.2. The van der Waals surface area contributed by atoms with Gasteiger partial charge in [0.25, 0.3) is 0 Å². The maximum Gasteiger partial charge on any atom is 0.320 e. The summed E-state index contributed by atoms with van der Waals surface area (Å²) in [5, 5.41) is 4.09. The summed E-state index contributed by atoms with van der Waals surface area (Å²) in [7, 11) is 7.17. The Bertz CT molecular complexity index is 2280. The van der Waals surface area contributed by atoms with Gasteiger partial charge in [0.05, 0.1) is 39.1 Å². The molecule has 0 heterocycles. The highest BCUT2D eigenvalue weighted by atomic mass is 33.1. The number of benzene rings is 4. The Labute approximate surface area is 436 Å². The Balaban J connectivity index is 1.15. The number of hydrogen-bond acceptors (Lipinski definition) is 14. The van der Waals surface area contributed by atoms with E-state index < -0.39 is 23.0 Å². The largest absolute Gasteiger partial charge is 0.497 e. The van der Waals surface area contributed by atoms with Crippen molar-refractivity contribution in [3.8, 4) is 11.5 Å². The number of carbonyl (C=O) groups is 4. The fourth-order valence-electron chi connectivity index (χ4n) is 9.81. The minimum Gasteiger partial charge on any atom is -0.497 e. The van der Waals surface area contributed by atoms with Crippen LogP contribution in [0, 0.1) is 0 Å². The molecule has 4 aromatic rings. The Morgan fingerprint density at radius 3 is 1.22 bits per heavy atom. The maximum absolute atomic E-state index is 13.6. The Hall–Kier alpha value is -4.50. The number of esters is 4. The van der Waals surface area contributed by atoms with Crippen molar-refractivity contribution in [2.75, 3.05) is 66.7 Å². The lowest BCUT2D eigenvalue weighted by atomic mass is 9.87. The zero-order valence-electron chi connectivity index (χ0n) is 44.6. The van der Waals surface area contributed by atoms with Gasteiger partial charge < -0.3 is 28.4 Å². The second-order valence-corrected chi connectivity index (χ2v) is 25.0. The van der Waals surface area contributed by atoms with Gasteiger partial charge in [-0.05, 0) is 138 Å². The third-order valence-corrected chi connectivity index (χ3v) is 17.9. The van der Waals surface area contributed by atoms with Gasteiger partial charge >= 0.3 is 23.9 Å². The van der Waals surface area contributed by atoms with Gasteiger partial charge in [0.1, 0.15) is 35.9 Å². The molecule has 4 aromatic carbocycles. The van der Waals surface area contributed by atoms with E-state index in [4.69, 9.17) is 28.4 Å². The van der Waals surface area contributed by atoms with Gasteiger partial charge in [0, 0.05) is 35.7 Å². The molecule has 0 unspecified atom stereocenters. The van der Waals surface area contributed by atoms with E-state index in [0.717, 1.165) is 108 Å². The van der Waals surface area contributed by atoms with E-state index in [1.807, 2.05) is 150 Å². The molecular formula is C58H80N2O10S2. The van der Waals surface area contributed by atoms with Crippen molar-refractivity contribution in [1.29, 1.82) is 0 Å². The summed E-state index contributed by atoms with van der Waals surface area (Å²) in [6, 6.07) is 23.7. The summed E-state index contributed by atoms with van der Waals surface area (Å²) < 4.78 is 34.1. The van der Waals surface area contributed by atoms with Crippen molar-refractivity contribution in [2.45, 2.75) is 152 Å². The molecule has 12 nitrogen and oxygen atoms in total. The molecule has 2 fully saturated rings. The minimum absolute atomic E-state index is 0.0771. The van der Waals surface area contributed by atoms with E-state index >= 15 is 0 Å². The highest BCUT2D eigenvalue weighted by Crippen LogP contribution is 2.55. The summed E-state index contributed by atoms with van der Waals surface area (Å²) in [4.78, 5) is 58.5. The van der Waals surface area contributed by atoms with Crippen LogP contribution in [-0.2, 0) is 38.1 Å². The summed E-state index contributed by atoms with van der Waals surface area (Å²) in [5.41, 5.74) is 0.442. The Morgan fingerprint density at radius 2 is 0.875 bits per heavy atom.